The van der Waals surface area contributed by atoms with Gasteiger partial charge in [0.2, 0.25) is 0 Å². The molecule has 21 heavy (non-hydrogen) atoms. The maximum atomic E-state index is 6.46. The normalized spacial score (nSPS) is 12.3. The molecule has 0 spiro atoms. The first-order valence-electron chi connectivity index (χ1n) is 6.75. The van der Waals surface area contributed by atoms with Gasteiger partial charge in [-0.1, -0.05) is 39.7 Å². The molecule has 112 valence electrons. The van der Waals surface area contributed by atoms with Gasteiger partial charge in [0.05, 0.1) is 13.2 Å². The predicted octanol–water partition coefficient (Wildman–Crippen LogP) is 5.04. The first-order chi connectivity index (χ1) is 9.97. The van der Waals surface area contributed by atoms with Gasteiger partial charge in [-0.05, 0) is 55.8 Å². The van der Waals surface area contributed by atoms with Crippen molar-refractivity contribution in [1.82, 2.24) is 5.32 Å². The lowest BCUT2D eigenvalue weighted by Gasteiger charge is -2.22. The first-order valence-corrected chi connectivity index (χ1v) is 7.92. The van der Waals surface area contributed by atoms with Gasteiger partial charge in [0, 0.05) is 15.1 Å². The topological polar surface area (TPSA) is 21.3 Å². The Morgan fingerprint density at radius 2 is 1.76 bits per heavy atom. The van der Waals surface area contributed by atoms with E-state index in [1.807, 2.05) is 25.2 Å². The molecule has 1 N–H and O–H groups in total. The molecule has 0 bridgehead atoms. The molecule has 0 saturated heterocycles. The maximum absolute atomic E-state index is 6.46. The first kappa shape index (κ1) is 16.3. The number of nitrogens with one attached hydrogen (secondary N) is 1. The van der Waals surface area contributed by atoms with Crippen molar-refractivity contribution >= 4 is 27.5 Å². The summed E-state index contributed by atoms with van der Waals surface area (Å²) in [5, 5.41) is 4.10. The highest BCUT2D eigenvalue weighted by molar-refractivity contribution is 9.10. The third kappa shape index (κ3) is 3.42. The summed E-state index contributed by atoms with van der Waals surface area (Å²) in [4.78, 5) is 0. The van der Waals surface area contributed by atoms with Crippen molar-refractivity contribution < 1.29 is 4.74 Å². The summed E-state index contributed by atoms with van der Waals surface area (Å²) in [5.74, 6) is 0.831. The van der Waals surface area contributed by atoms with Crippen molar-refractivity contribution in [2.75, 3.05) is 14.2 Å². The number of hydrogen-bond donors (Lipinski definition) is 1. The Morgan fingerprint density at radius 3 is 2.38 bits per heavy atom. The van der Waals surface area contributed by atoms with Crippen LogP contribution in [0.25, 0.3) is 0 Å². The number of hydrogen-bond acceptors (Lipinski definition) is 2. The quantitative estimate of drug-likeness (QED) is 0.816. The van der Waals surface area contributed by atoms with E-state index in [0.29, 0.717) is 0 Å². The molecule has 0 saturated carbocycles. The largest absolute Gasteiger partial charge is 0.496 e. The van der Waals surface area contributed by atoms with Crippen LogP contribution in [0.1, 0.15) is 28.3 Å². The molecule has 4 heteroatoms. The second-order valence-electron chi connectivity index (χ2n) is 5.07. The van der Waals surface area contributed by atoms with Crippen LogP contribution in [0.5, 0.6) is 5.75 Å². The van der Waals surface area contributed by atoms with Gasteiger partial charge in [0.1, 0.15) is 5.75 Å². The molecule has 1 unspecified atom stereocenters. The Kier molecular flexibility index (Phi) is 5.31. The van der Waals surface area contributed by atoms with Crippen molar-refractivity contribution in [3.8, 4) is 5.75 Å². The summed E-state index contributed by atoms with van der Waals surface area (Å²) < 4.78 is 6.50. The molecule has 1 atom stereocenters. The standard InChI is InChI=1S/C17H19BrClNO/c1-10-7-14(15(19)8-11(10)2)17(20-3)13-6-5-12(18)9-16(13)21-4/h5-9,17,20H,1-4H3. The van der Waals surface area contributed by atoms with E-state index in [-0.39, 0.29) is 6.04 Å². The Hall–Kier alpha value is -1.03. The Labute approximate surface area is 139 Å². The van der Waals surface area contributed by atoms with E-state index in [0.717, 1.165) is 26.4 Å². The lowest BCUT2D eigenvalue weighted by atomic mass is 9.95. The molecule has 0 amide bonds. The fourth-order valence-corrected chi connectivity index (χ4v) is 3.09. The summed E-state index contributed by atoms with van der Waals surface area (Å²) in [5.41, 5.74) is 4.54. The van der Waals surface area contributed by atoms with Crippen molar-refractivity contribution in [2.24, 2.45) is 0 Å². The zero-order chi connectivity index (χ0) is 15.6. The number of rotatable bonds is 4. The smallest absolute Gasteiger partial charge is 0.125 e. The molecule has 0 aromatic heterocycles. The fourth-order valence-electron chi connectivity index (χ4n) is 2.43. The van der Waals surface area contributed by atoms with Crippen molar-refractivity contribution in [3.05, 3.63) is 62.1 Å². The van der Waals surface area contributed by atoms with Gasteiger partial charge >= 0.3 is 0 Å². The van der Waals surface area contributed by atoms with Gasteiger partial charge in [0.25, 0.3) is 0 Å². The van der Waals surface area contributed by atoms with Crippen LogP contribution in [0.15, 0.2) is 34.8 Å². The van der Waals surface area contributed by atoms with Crippen LogP contribution in [0.4, 0.5) is 0 Å². The number of methoxy groups -OCH3 is 1. The molecule has 2 aromatic rings. The number of aryl methyl sites for hydroxylation is 2. The van der Waals surface area contributed by atoms with Crippen LogP contribution >= 0.6 is 27.5 Å². The lowest BCUT2D eigenvalue weighted by Crippen LogP contribution is -2.19. The molecule has 0 fully saturated rings. The van der Waals surface area contributed by atoms with E-state index in [1.165, 1.54) is 11.1 Å². The van der Waals surface area contributed by atoms with Gasteiger partial charge in [0.15, 0.2) is 0 Å². The third-order valence-corrected chi connectivity index (χ3v) is 4.54. The van der Waals surface area contributed by atoms with Crippen LogP contribution < -0.4 is 10.1 Å². The average Bonchev–Trinajstić information content (AvgIpc) is 2.46. The minimum Gasteiger partial charge on any atom is -0.496 e. The monoisotopic (exact) mass is 367 g/mol. The Bertz CT molecular complexity index is 657. The number of halogens is 2. The van der Waals surface area contributed by atoms with Crippen LogP contribution in [0.3, 0.4) is 0 Å². The highest BCUT2D eigenvalue weighted by Crippen LogP contribution is 2.36. The second-order valence-corrected chi connectivity index (χ2v) is 6.39. The molecule has 2 nitrogen and oxygen atoms in total. The summed E-state index contributed by atoms with van der Waals surface area (Å²) in [6.07, 6.45) is 0. The van der Waals surface area contributed by atoms with Crippen LogP contribution in [0.2, 0.25) is 5.02 Å². The second kappa shape index (κ2) is 6.82. The fraction of sp³-hybridized carbons (Fsp3) is 0.294. The minimum absolute atomic E-state index is 0.0140. The van der Waals surface area contributed by atoms with Gasteiger partial charge in [-0.2, -0.15) is 0 Å². The highest BCUT2D eigenvalue weighted by Gasteiger charge is 2.20. The molecule has 0 aliphatic carbocycles. The summed E-state index contributed by atoms with van der Waals surface area (Å²) in [6.45, 7) is 4.17. The van der Waals surface area contributed by atoms with E-state index in [9.17, 15) is 0 Å². The molecular formula is C17H19BrClNO. The molecule has 2 aromatic carbocycles. The van der Waals surface area contributed by atoms with Gasteiger partial charge in [-0.25, -0.2) is 0 Å². The molecule has 0 radical (unpaired) electrons. The molecule has 0 heterocycles. The maximum Gasteiger partial charge on any atom is 0.125 e. The molecule has 0 aliphatic heterocycles. The molecular weight excluding hydrogens is 350 g/mol. The minimum atomic E-state index is -0.0140. The van der Waals surface area contributed by atoms with E-state index >= 15 is 0 Å². The van der Waals surface area contributed by atoms with E-state index in [1.54, 1.807) is 7.11 Å². The Morgan fingerprint density at radius 1 is 1.10 bits per heavy atom. The van der Waals surface area contributed by atoms with E-state index < -0.39 is 0 Å². The average molecular weight is 369 g/mol. The molecule has 2 rings (SSSR count). The summed E-state index contributed by atoms with van der Waals surface area (Å²) in [6, 6.07) is 10.2. The highest BCUT2D eigenvalue weighted by atomic mass is 79.9. The van der Waals surface area contributed by atoms with Gasteiger partial charge in [-0.15, -0.1) is 0 Å². The number of ether oxygens (including phenoxy) is 1. The van der Waals surface area contributed by atoms with Crippen molar-refractivity contribution in [1.29, 1.82) is 0 Å². The Balaban J connectivity index is 2.57. The third-order valence-electron chi connectivity index (χ3n) is 3.72. The lowest BCUT2D eigenvalue weighted by molar-refractivity contribution is 0.405. The van der Waals surface area contributed by atoms with Crippen LogP contribution in [0, 0.1) is 13.8 Å². The SMILES string of the molecule is CNC(c1cc(C)c(C)cc1Cl)c1ccc(Br)cc1OC. The van der Waals surface area contributed by atoms with Crippen LogP contribution in [-0.2, 0) is 0 Å². The van der Waals surface area contributed by atoms with Crippen molar-refractivity contribution in [3.63, 3.8) is 0 Å². The molecule has 0 aliphatic rings. The van der Waals surface area contributed by atoms with E-state index in [2.05, 4.69) is 47.2 Å². The van der Waals surface area contributed by atoms with E-state index in [4.69, 9.17) is 16.3 Å². The van der Waals surface area contributed by atoms with Crippen molar-refractivity contribution in [2.45, 2.75) is 19.9 Å². The van der Waals surface area contributed by atoms with Crippen LogP contribution in [-0.4, -0.2) is 14.2 Å². The van der Waals surface area contributed by atoms with Gasteiger partial charge in [-0.3, -0.25) is 0 Å². The predicted molar refractivity (Wildman–Crippen MR) is 92.5 cm³/mol. The summed E-state index contributed by atoms with van der Waals surface area (Å²) in [7, 11) is 3.61. The number of benzene rings is 2. The summed E-state index contributed by atoms with van der Waals surface area (Å²) >= 11 is 9.94. The zero-order valence-electron chi connectivity index (χ0n) is 12.6. The van der Waals surface area contributed by atoms with Gasteiger partial charge < -0.3 is 10.1 Å². The zero-order valence-corrected chi connectivity index (χ0v) is 15.0.